The van der Waals surface area contributed by atoms with Gasteiger partial charge in [-0.15, -0.1) is 0 Å². The van der Waals surface area contributed by atoms with Gasteiger partial charge in [0.05, 0.1) is 25.6 Å². The monoisotopic (exact) mass is 365 g/mol. The van der Waals surface area contributed by atoms with Gasteiger partial charge < -0.3 is 15.7 Å². The number of aliphatic hydroxyl groups is 1. The van der Waals surface area contributed by atoms with Crippen molar-refractivity contribution in [1.29, 1.82) is 0 Å². The van der Waals surface area contributed by atoms with E-state index in [4.69, 9.17) is 0 Å². The molecule has 1 aliphatic rings. The summed E-state index contributed by atoms with van der Waals surface area (Å²) in [4.78, 5) is 37.6. The summed E-state index contributed by atoms with van der Waals surface area (Å²) in [6.07, 6.45) is 2.46. The van der Waals surface area contributed by atoms with Crippen molar-refractivity contribution >= 4 is 29.6 Å². The van der Waals surface area contributed by atoms with Crippen LogP contribution >= 0.6 is 11.8 Å². The molecule has 0 radical (unpaired) electrons. The Morgan fingerprint density at radius 3 is 2.72 bits per heavy atom. The minimum Gasteiger partial charge on any atom is -0.394 e. The van der Waals surface area contributed by atoms with Gasteiger partial charge in [0.2, 0.25) is 5.91 Å². The summed E-state index contributed by atoms with van der Waals surface area (Å²) in [5.74, 6) is 0.0455. The Kier molecular flexibility index (Phi) is 7.27. The van der Waals surface area contributed by atoms with Crippen molar-refractivity contribution in [3.05, 3.63) is 35.9 Å². The van der Waals surface area contributed by atoms with Crippen molar-refractivity contribution in [1.82, 2.24) is 15.5 Å². The predicted octanol–water partition coefficient (Wildman–Crippen LogP) is 0.727. The number of thioether (sulfide) groups is 1. The van der Waals surface area contributed by atoms with Gasteiger partial charge in [-0.2, -0.15) is 11.8 Å². The van der Waals surface area contributed by atoms with Crippen LogP contribution < -0.4 is 10.6 Å². The van der Waals surface area contributed by atoms with Crippen LogP contribution in [0.5, 0.6) is 0 Å². The second kappa shape index (κ2) is 9.43. The summed E-state index contributed by atoms with van der Waals surface area (Å²) in [7, 11) is 0. The summed E-state index contributed by atoms with van der Waals surface area (Å²) in [6, 6.07) is 7.49. The van der Waals surface area contributed by atoms with E-state index in [9.17, 15) is 19.5 Å². The molecule has 4 amide bonds. The first kappa shape index (κ1) is 19.3. The molecule has 1 fully saturated rings. The third-order valence-corrected chi connectivity index (χ3v) is 4.58. The van der Waals surface area contributed by atoms with Crippen molar-refractivity contribution in [3.8, 4) is 0 Å². The lowest BCUT2D eigenvalue weighted by atomic mass is 10.1. The van der Waals surface area contributed by atoms with E-state index in [2.05, 4.69) is 10.6 Å². The number of hydrogen-bond donors (Lipinski definition) is 3. The smallest absolute Gasteiger partial charge is 0.325 e. The maximum absolute atomic E-state index is 12.4. The molecule has 1 saturated heterocycles. The first-order chi connectivity index (χ1) is 12.0. The van der Waals surface area contributed by atoms with Gasteiger partial charge in [0.25, 0.3) is 5.91 Å². The summed E-state index contributed by atoms with van der Waals surface area (Å²) < 4.78 is 0. The van der Waals surface area contributed by atoms with Gasteiger partial charge in [-0.25, -0.2) is 4.79 Å². The Bertz CT molecular complexity index is 611. The molecule has 2 rings (SSSR count). The Morgan fingerprint density at radius 2 is 2.08 bits per heavy atom. The van der Waals surface area contributed by atoms with Crippen LogP contribution in [0.3, 0.4) is 0 Å². The molecule has 8 heteroatoms. The minimum atomic E-state index is -0.865. The number of imide groups is 1. The SMILES string of the molecule is CSCC[C@H](CO)NC(=O)C[C@@H]1NC(=O)N(Cc2ccccc2)C1=O. The molecule has 1 aliphatic heterocycles. The number of carbonyl (C=O) groups is 3. The van der Waals surface area contributed by atoms with Crippen molar-refractivity contribution in [2.75, 3.05) is 18.6 Å². The Hall–Kier alpha value is -2.06. The largest absolute Gasteiger partial charge is 0.394 e. The van der Waals surface area contributed by atoms with Gasteiger partial charge in [0.15, 0.2) is 0 Å². The standard InChI is InChI=1S/C17H23N3O4S/c1-25-8-7-13(11-21)18-15(22)9-14-16(23)20(17(24)19-14)10-12-5-3-2-4-6-12/h2-6,13-14,21H,7-11H2,1H3,(H,18,22)(H,19,24)/t13-,14+/m1/s1. The van der Waals surface area contributed by atoms with E-state index in [1.54, 1.807) is 11.8 Å². The zero-order valence-corrected chi connectivity index (χ0v) is 14.9. The number of hydrogen-bond acceptors (Lipinski definition) is 5. The second-order valence-corrected chi connectivity index (χ2v) is 6.83. The number of rotatable bonds is 9. The Labute approximate surface area is 151 Å². The van der Waals surface area contributed by atoms with E-state index in [0.29, 0.717) is 6.42 Å². The first-order valence-electron chi connectivity index (χ1n) is 8.10. The molecule has 25 heavy (non-hydrogen) atoms. The van der Waals surface area contributed by atoms with Gasteiger partial charge >= 0.3 is 6.03 Å². The van der Waals surface area contributed by atoms with Gasteiger partial charge in [0, 0.05) is 0 Å². The van der Waals surface area contributed by atoms with Crippen LogP contribution in [0.25, 0.3) is 0 Å². The molecule has 0 unspecified atom stereocenters. The molecule has 1 aromatic rings. The molecule has 0 spiro atoms. The average Bonchev–Trinajstić information content (AvgIpc) is 2.87. The molecular weight excluding hydrogens is 342 g/mol. The van der Waals surface area contributed by atoms with Crippen molar-refractivity contribution in [2.24, 2.45) is 0 Å². The van der Waals surface area contributed by atoms with Gasteiger partial charge in [-0.05, 0) is 24.0 Å². The maximum atomic E-state index is 12.4. The van der Waals surface area contributed by atoms with Crippen molar-refractivity contribution in [2.45, 2.75) is 31.5 Å². The van der Waals surface area contributed by atoms with Gasteiger partial charge in [0.1, 0.15) is 6.04 Å². The van der Waals surface area contributed by atoms with E-state index in [-0.39, 0.29) is 31.5 Å². The average molecular weight is 365 g/mol. The molecule has 3 N–H and O–H groups in total. The Morgan fingerprint density at radius 1 is 1.36 bits per heavy atom. The molecule has 0 aromatic heterocycles. The second-order valence-electron chi connectivity index (χ2n) is 5.84. The van der Waals surface area contributed by atoms with Crippen LogP contribution in [0, 0.1) is 0 Å². The molecule has 2 atom stereocenters. The third-order valence-electron chi connectivity index (χ3n) is 3.94. The summed E-state index contributed by atoms with van der Waals surface area (Å²) in [5, 5.41) is 14.5. The van der Waals surface area contributed by atoms with E-state index in [1.165, 1.54) is 0 Å². The molecule has 0 aliphatic carbocycles. The summed E-state index contributed by atoms with van der Waals surface area (Å²) in [5.41, 5.74) is 0.841. The molecule has 0 bridgehead atoms. The summed E-state index contributed by atoms with van der Waals surface area (Å²) in [6.45, 7) is 0.0218. The number of amides is 4. The Balaban J connectivity index is 1.89. The van der Waals surface area contributed by atoms with Crippen LogP contribution in [0.4, 0.5) is 4.79 Å². The summed E-state index contributed by atoms with van der Waals surface area (Å²) >= 11 is 1.63. The first-order valence-corrected chi connectivity index (χ1v) is 9.49. The van der Waals surface area contributed by atoms with E-state index in [1.807, 2.05) is 36.6 Å². The number of urea groups is 1. The molecule has 1 aromatic carbocycles. The molecule has 0 saturated carbocycles. The third kappa shape index (κ3) is 5.47. The van der Waals surface area contributed by atoms with E-state index >= 15 is 0 Å². The number of nitrogens with one attached hydrogen (secondary N) is 2. The van der Waals surface area contributed by atoms with Crippen molar-refractivity contribution < 1.29 is 19.5 Å². The van der Waals surface area contributed by atoms with Gasteiger partial charge in [-0.3, -0.25) is 14.5 Å². The van der Waals surface area contributed by atoms with Crippen LogP contribution in [0.2, 0.25) is 0 Å². The fourth-order valence-corrected chi connectivity index (χ4v) is 3.09. The highest BCUT2D eigenvalue weighted by molar-refractivity contribution is 7.98. The number of nitrogens with zero attached hydrogens (tertiary/aromatic N) is 1. The van der Waals surface area contributed by atoms with Crippen LogP contribution in [0.15, 0.2) is 30.3 Å². The van der Waals surface area contributed by atoms with Crippen molar-refractivity contribution in [3.63, 3.8) is 0 Å². The molecule has 1 heterocycles. The lowest BCUT2D eigenvalue weighted by Gasteiger charge is -2.17. The molecular formula is C17H23N3O4S. The number of benzene rings is 1. The quantitative estimate of drug-likeness (QED) is 0.560. The molecule has 136 valence electrons. The highest BCUT2D eigenvalue weighted by Gasteiger charge is 2.39. The lowest BCUT2D eigenvalue weighted by Crippen LogP contribution is -2.42. The highest BCUT2D eigenvalue weighted by Crippen LogP contribution is 2.14. The van der Waals surface area contributed by atoms with Crippen LogP contribution in [-0.2, 0) is 16.1 Å². The number of aliphatic hydroxyl groups excluding tert-OH is 1. The maximum Gasteiger partial charge on any atom is 0.325 e. The molecule has 7 nitrogen and oxygen atoms in total. The van der Waals surface area contributed by atoms with Crippen LogP contribution in [0.1, 0.15) is 18.4 Å². The fourth-order valence-electron chi connectivity index (χ4n) is 2.57. The normalized spacial score (nSPS) is 18.2. The lowest BCUT2D eigenvalue weighted by molar-refractivity contribution is -0.131. The minimum absolute atomic E-state index is 0.133. The number of carbonyl (C=O) groups excluding carboxylic acids is 3. The highest BCUT2D eigenvalue weighted by atomic mass is 32.2. The van der Waals surface area contributed by atoms with E-state index < -0.39 is 18.0 Å². The van der Waals surface area contributed by atoms with Crippen LogP contribution in [-0.4, -0.2) is 58.6 Å². The van der Waals surface area contributed by atoms with E-state index in [0.717, 1.165) is 16.2 Å². The zero-order chi connectivity index (χ0) is 18.2. The topological polar surface area (TPSA) is 98.7 Å². The predicted molar refractivity (Wildman–Crippen MR) is 95.9 cm³/mol. The fraction of sp³-hybridized carbons (Fsp3) is 0.471. The van der Waals surface area contributed by atoms with Gasteiger partial charge in [-0.1, -0.05) is 30.3 Å². The zero-order valence-electron chi connectivity index (χ0n) is 14.1.